The molecule has 2 N–H and O–H groups in total. The standard InChI is InChI=1S/C15H14ClNO2/c16-10-1-3-11(4-2-10)19-12-5-6-15-13(9-12)14(17)7-8-18-15/h1-6,9,14H,7-8,17H2. The van der Waals surface area contributed by atoms with E-state index < -0.39 is 0 Å². The summed E-state index contributed by atoms with van der Waals surface area (Å²) in [6.45, 7) is 0.672. The van der Waals surface area contributed by atoms with E-state index in [1.54, 1.807) is 12.1 Å². The van der Waals surface area contributed by atoms with Crippen LogP contribution in [0.1, 0.15) is 18.0 Å². The van der Waals surface area contributed by atoms with Crippen molar-refractivity contribution in [1.29, 1.82) is 0 Å². The minimum absolute atomic E-state index is 0.0116. The van der Waals surface area contributed by atoms with Crippen LogP contribution in [0, 0.1) is 0 Å². The van der Waals surface area contributed by atoms with Crippen molar-refractivity contribution in [2.45, 2.75) is 12.5 Å². The lowest BCUT2D eigenvalue weighted by Gasteiger charge is -2.23. The summed E-state index contributed by atoms with van der Waals surface area (Å²) >= 11 is 5.84. The second-order valence-electron chi connectivity index (χ2n) is 4.50. The van der Waals surface area contributed by atoms with Gasteiger partial charge in [0.15, 0.2) is 0 Å². The Kier molecular flexibility index (Phi) is 3.32. The van der Waals surface area contributed by atoms with Crippen molar-refractivity contribution >= 4 is 11.6 Å². The summed E-state index contributed by atoms with van der Waals surface area (Å²) in [5, 5.41) is 0.688. The van der Waals surface area contributed by atoms with Crippen LogP contribution in [-0.2, 0) is 0 Å². The van der Waals surface area contributed by atoms with Crippen molar-refractivity contribution in [3.8, 4) is 17.2 Å². The minimum atomic E-state index is 0.0116. The molecule has 0 amide bonds. The fraction of sp³-hybridized carbons (Fsp3) is 0.200. The maximum absolute atomic E-state index is 6.08. The third-order valence-corrected chi connectivity index (χ3v) is 3.37. The predicted molar refractivity (Wildman–Crippen MR) is 75.0 cm³/mol. The molecule has 1 heterocycles. The molecule has 1 atom stereocenters. The summed E-state index contributed by atoms with van der Waals surface area (Å²) in [4.78, 5) is 0. The third kappa shape index (κ3) is 2.67. The van der Waals surface area contributed by atoms with Gasteiger partial charge in [0.05, 0.1) is 6.61 Å². The van der Waals surface area contributed by atoms with Crippen molar-refractivity contribution < 1.29 is 9.47 Å². The fourth-order valence-corrected chi connectivity index (χ4v) is 2.23. The number of fused-ring (bicyclic) bond motifs is 1. The molecule has 2 aromatic carbocycles. The zero-order valence-corrected chi connectivity index (χ0v) is 11.1. The van der Waals surface area contributed by atoms with Gasteiger partial charge in [-0.3, -0.25) is 0 Å². The van der Waals surface area contributed by atoms with Crippen molar-refractivity contribution in [1.82, 2.24) is 0 Å². The van der Waals surface area contributed by atoms with Crippen LogP contribution in [-0.4, -0.2) is 6.61 Å². The van der Waals surface area contributed by atoms with E-state index in [4.69, 9.17) is 26.8 Å². The smallest absolute Gasteiger partial charge is 0.128 e. The highest BCUT2D eigenvalue weighted by molar-refractivity contribution is 6.30. The molecule has 0 aromatic heterocycles. The molecule has 1 unspecified atom stereocenters. The molecule has 98 valence electrons. The van der Waals surface area contributed by atoms with Gasteiger partial charge in [-0.2, -0.15) is 0 Å². The normalized spacial score (nSPS) is 17.5. The average molecular weight is 276 g/mol. The SMILES string of the molecule is NC1CCOc2ccc(Oc3ccc(Cl)cc3)cc21. The molecular formula is C15H14ClNO2. The molecule has 0 aliphatic carbocycles. The molecule has 19 heavy (non-hydrogen) atoms. The van der Waals surface area contributed by atoms with E-state index in [2.05, 4.69) is 0 Å². The summed E-state index contributed by atoms with van der Waals surface area (Å²) in [5.74, 6) is 2.35. The lowest BCUT2D eigenvalue weighted by Crippen LogP contribution is -2.20. The monoisotopic (exact) mass is 275 g/mol. The highest BCUT2D eigenvalue weighted by Crippen LogP contribution is 2.34. The molecule has 0 radical (unpaired) electrons. The number of halogens is 1. The second-order valence-corrected chi connectivity index (χ2v) is 4.94. The number of hydrogen-bond acceptors (Lipinski definition) is 3. The number of ether oxygens (including phenoxy) is 2. The number of nitrogens with two attached hydrogens (primary N) is 1. The van der Waals surface area contributed by atoms with Crippen molar-refractivity contribution in [3.05, 3.63) is 53.1 Å². The van der Waals surface area contributed by atoms with Gasteiger partial charge in [0, 0.05) is 23.0 Å². The maximum atomic E-state index is 6.08. The Morgan fingerprint density at radius 2 is 1.84 bits per heavy atom. The molecular weight excluding hydrogens is 262 g/mol. The molecule has 1 aliphatic heterocycles. The van der Waals surface area contributed by atoms with Gasteiger partial charge in [0.2, 0.25) is 0 Å². The zero-order valence-electron chi connectivity index (χ0n) is 10.3. The van der Waals surface area contributed by atoms with E-state index in [1.807, 2.05) is 30.3 Å². The zero-order chi connectivity index (χ0) is 13.2. The van der Waals surface area contributed by atoms with E-state index in [0.717, 1.165) is 29.2 Å². The Bertz CT molecular complexity index is 583. The molecule has 0 spiro atoms. The van der Waals surface area contributed by atoms with Gasteiger partial charge < -0.3 is 15.2 Å². The maximum Gasteiger partial charge on any atom is 0.128 e. The predicted octanol–water partition coefficient (Wildman–Crippen LogP) is 3.91. The fourth-order valence-electron chi connectivity index (χ4n) is 2.10. The minimum Gasteiger partial charge on any atom is -0.493 e. The molecule has 0 saturated carbocycles. The van der Waals surface area contributed by atoms with Crippen LogP contribution in [0.5, 0.6) is 17.2 Å². The third-order valence-electron chi connectivity index (χ3n) is 3.12. The molecule has 0 bridgehead atoms. The van der Waals surface area contributed by atoms with E-state index >= 15 is 0 Å². The highest BCUT2D eigenvalue weighted by Gasteiger charge is 2.18. The highest BCUT2D eigenvalue weighted by atomic mass is 35.5. The van der Waals surface area contributed by atoms with Gasteiger partial charge in [-0.1, -0.05) is 11.6 Å². The molecule has 2 aromatic rings. The van der Waals surface area contributed by atoms with Gasteiger partial charge in [0.25, 0.3) is 0 Å². The van der Waals surface area contributed by atoms with Crippen LogP contribution >= 0.6 is 11.6 Å². The van der Waals surface area contributed by atoms with Crippen LogP contribution in [0.2, 0.25) is 5.02 Å². The number of rotatable bonds is 2. The summed E-state index contributed by atoms with van der Waals surface area (Å²) in [6.07, 6.45) is 0.831. The summed E-state index contributed by atoms with van der Waals surface area (Å²) in [7, 11) is 0. The van der Waals surface area contributed by atoms with Crippen molar-refractivity contribution in [2.24, 2.45) is 5.73 Å². The molecule has 1 aliphatic rings. The van der Waals surface area contributed by atoms with Crippen LogP contribution in [0.3, 0.4) is 0 Å². The molecule has 0 saturated heterocycles. The summed E-state index contributed by atoms with van der Waals surface area (Å²) < 4.78 is 11.3. The number of benzene rings is 2. The van der Waals surface area contributed by atoms with Gasteiger partial charge >= 0.3 is 0 Å². The summed E-state index contributed by atoms with van der Waals surface area (Å²) in [6, 6.07) is 13.0. The quantitative estimate of drug-likeness (QED) is 0.904. The molecule has 3 nitrogen and oxygen atoms in total. The van der Waals surface area contributed by atoms with Gasteiger partial charge in [-0.05, 0) is 42.5 Å². The van der Waals surface area contributed by atoms with Crippen molar-refractivity contribution in [3.63, 3.8) is 0 Å². The first-order chi connectivity index (χ1) is 9.22. The average Bonchev–Trinajstić information content (AvgIpc) is 2.42. The van der Waals surface area contributed by atoms with E-state index in [9.17, 15) is 0 Å². The van der Waals surface area contributed by atoms with E-state index in [-0.39, 0.29) is 6.04 Å². The Morgan fingerprint density at radius 3 is 2.63 bits per heavy atom. The van der Waals surface area contributed by atoms with Gasteiger partial charge in [0.1, 0.15) is 17.2 Å². The lowest BCUT2D eigenvalue weighted by molar-refractivity contribution is 0.268. The Labute approximate surface area is 116 Å². The first-order valence-electron chi connectivity index (χ1n) is 6.18. The van der Waals surface area contributed by atoms with Gasteiger partial charge in [-0.15, -0.1) is 0 Å². The topological polar surface area (TPSA) is 44.5 Å². The second kappa shape index (κ2) is 5.11. The molecule has 3 rings (SSSR count). The largest absolute Gasteiger partial charge is 0.493 e. The van der Waals surface area contributed by atoms with Gasteiger partial charge in [-0.25, -0.2) is 0 Å². The van der Waals surface area contributed by atoms with Crippen LogP contribution in [0.25, 0.3) is 0 Å². The Morgan fingerprint density at radius 1 is 1.11 bits per heavy atom. The first kappa shape index (κ1) is 12.3. The van der Waals surface area contributed by atoms with E-state index in [1.165, 1.54) is 0 Å². The molecule has 4 heteroatoms. The van der Waals surface area contributed by atoms with Crippen LogP contribution < -0.4 is 15.2 Å². The van der Waals surface area contributed by atoms with Crippen LogP contribution in [0.4, 0.5) is 0 Å². The lowest BCUT2D eigenvalue weighted by atomic mass is 10.0. The van der Waals surface area contributed by atoms with Crippen molar-refractivity contribution in [2.75, 3.05) is 6.61 Å². The van der Waals surface area contributed by atoms with E-state index in [0.29, 0.717) is 11.6 Å². The molecule has 0 fully saturated rings. The Balaban J connectivity index is 1.85. The van der Waals surface area contributed by atoms with Crippen LogP contribution in [0.15, 0.2) is 42.5 Å². The Hall–Kier alpha value is -1.71. The first-order valence-corrected chi connectivity index (χ1v) is 6.56. The summed E-state index contributed by atoms with van der Waals surface area (Å²) in [5.41, 5.74) is 7.07. The number of hydrogen-bond donors (Lipinski definition) is 1.